The second-order valence-corrected chi connectivity index (χ2v) is 5.08. The minimum Gasteiger partial charge on any atom is -0.454 e. The number of halogens is 1. The summed E-state index contributed by atoms with van der Waals surface area (Å²) >= 11 is 5.90. The smallest absolute Gasteiger partial charge is 0.231 e. The molecule has 0 unspecified atom stereocenters. The summed E-state index contributed by atoms with van der Waals surface area (Å²) in [5, 5.41) is 0. The normalized spacial score (nSPS) is 13.0. The van der Waals surface area contributed by atoms with Crippen molar-refractivity contribution in [3.05, 3.63) is 42.5 Å². The minimum atomic E-state index is 0.266. The van der Waals surface area contributed by atoms with Gasteiger partial charge in [0, 0.05) is 24.6 Å². The van der Waals surface area contributed by atoms with Crippen molar-refractivity contribution < 1.29 is 9.47 Å². The van der Waals surface area contributed by atoms with Crippen LogP contribution in [0.2, 0.25) is 0 Å². The summed E-state index contributed by atoms with van der Waals surface area (Å²) in [7, 11) is 0. The van der Waals surface area contributed by atoms with Crippen molar-refractivity contribution in [3.63, 3.8) is 0 Å². The van der Waals surface area contributed by atoms with Crippen molar-refractivity contribution in [1.29, 1.82) is 0 Å². The Kier molecular flexibility index (Phi) is 2.93. The lowest BCUT2D eigenvalue weighted by atomic mass is 10.2. The number of fused-ring (bicyclic) bond motifs is 2. The number of nitrogens with zero attached hydrogens (tertiary/aromatic N) is 3. The lowest BCUT2D eigenvalue weighted by molar-refractivity contribution is 0.174. The maximum Gasteiger partial charge on any atom is 0.231 e. The van der Waals surface area contributed by atoms with E-state index in [1.807, 2.05) is 24.3 Å². The Hall–Kier alpha value is -2.27. The van der Waals surface area contributed by atoms with Crippen molar-refractivity contribution in [2.75, 3.05) is 12.7 Å². The summed E-state index contributed by atoms with van der Waals surface area (Å²) in [6, 6.07) is 7.81. The quantitative estimate of drug-likeness (QED) is 0.698. The number of ether oxygens (including phenoxy) is 2. The first-order valence-electron chi connectivity index (χ1n) is 6.64. The van der Waals surface area contributed by atoms with Crippen LogP contribution in [0, 0.1) is 0 Å². The maximum atomic E-state index is 5.90. The van der Waals surface area contributed by atoms with Crippen LogP contribution in [0.4, 0.5) is 0 Å². The molecule has 0 bridgehead atoms. The van der Waals surface area contributed by atoms with Crippen LogP contribution in [0.1, 0.15) is 5.82 Å². The van der Waals surface area contributed by atoms with Gasteiger partial charge in [-0.25, -0.2) is 4.98 Å². The van der Waals surface area contributed by atoms with Crippen LogP contribution >= 0.6 is 11.6 Å². The summed E-state index contributed by atoms with van der Waals surface area (Å²) in [5.41, 5.74) is 2.84. The summed E-state index contributed by atoms with van der Waals surface area (Å²) in [4.78, 5) is 8.74. The van der Waals surface area contributed by atoms with E-state index in [-0.39, 0.29) is 6.79 Å². The average molecular weight is 302 g/mol. The zero-order valence-corrected chi connectivity index (χ0v) is 11.9. The topological polar surface area (TPSA) is 49.2 Å². The van der Waals surface area contributed by atoms with E-state index in [1.165, 1.54) is 0 Å². The van der Waals surface area contributed by atoms with E-state index in [1.54, 1.807) is 12.4 Å². The molecule has 0 amide bonds. The molecule has 106 valence electrons. The van der Waals surface area contributed by atoms with Crippen LogP contribution < -0.4 is 9.47 Å². The monoisotopic (exact) mass is 301 g/mol. The molecule has 2 aromatic heterocycles. The predicted molar refractivity (Wildman–Crippen MR) is 79.4 cm³/mol. The molecule has 3 heterocycles. The number of aromatic nitrogens is 3. The molecule has 1 aromatic carbocycles. The standard InChI is InChI=1S/C15H12ClN3O2/c16-5-3-15-18-11-8-17-6-4-12(11)19(15)10-1-2-13-14(7-10)21-9-20-13/h1-2,4,6-8H,3,5,9H2. The van der Waals surface area contributed by atoms with Gasteiger partial charge in [-0.3, -0.25) is 9.55 Å². The van der Waals surface area contributed by atoms with Gasteiger partial charge in [-0.05, 0) is 18.2 Å². The fraction of sp³-hybridized carbons (Fsp3) is 0.200. The Bertz CT molecular complexity index is 816. The zero-order chi connectivity index (χ0) is 14.2. The summed E-state index contributed by atoms with van der Waals surface area (Å²) in [6.45, 7) is 0.266. The van der Waals surface area contributed by atoms with Crippen molar-refractivity contribution >= 4 is 22.6 Å². The Morgan fingerprint density at radius 1 is 1.19 bits per heavy atom. The van der Waals surface area contributed by atoms with Gasteiger partial charge in [0.25, 0.3) is 0 Å². The molecule has 6 heteroatoms. The molecule has 0 saturated carbocycles. The van der Waals surface area contributed by atoms with Crippen molar-refractivity contribution in [1.82, 2.24) is 14.5 Å². The average Bonchev–Trinajstić information content (AvgIpc) is 3.10. The highest BCUT2D eigenvalue weighted by molar-refractivity contribution is 6.17. The molecule has 0 saturated heterocycles. The number of pyridine rings is 1. The summed E-state index contributed by atoms with van der Waals surface area (Å²) < 4.78 is 12.9. The number of alkyl halides is 1. The van der Waals surface area contributed by atoms with E-state index < -0.39 is 0 Å². The molecular formula is C15H12ClN3O2. The van der Waals surface area contributed by atoms with Gasteiger partial charge in [0.1, 0.15) is 11.3 Å². The molecule has 0 aliphatic carbocycles. The minimum absolute atomic E-state index is 0.266. The van der Waals surface area contributed by atoms with Gasteiger partial charge in [0.2, 0.25) is 6.79 Å². The van der Waals surface area contributed by atoms with Gasteiger partial charge >= 0.3 is 0 Å². The Morgan fingerprint density at radius 3 is 3.00 bits per heavy atom. The number of aryl methyl sites for hydroxylation is 1. The van der Waals surface area contributed by atoms with E-state index in [0.29, 0.717) is 12.3 Å². The number of hydrogen-bond donors (Lipinski definition) is 0. The van der Waals surface area contributed by atoms with Gasteiger partial charge in [0.05, 0.1) is 17.4 Å². The Labute approximate surface area is 126 Å². The zero-order valence-electron chi connectivity index (χ0n) is 11.1. The molecule has 3 aromatic rings. The summed E-state index contributed by atoms with van der Waals surface area (Å²) in [5.74, 6) is 2.94. The molecule has 0 radical (unpaired) electrons. The molecule has 4 rings (SSSR count). The third-order valence-corrected chi connectivity index (χ3v) is 3.65. The third-order valence-electron chi connectivity index (χ3n) is 3.46. The third kappa shape index (κ3) is 2.01. The van der Waals surface area contributed by atoms with Crippen LogP contribution in [0.3, 0.4) is 0 Å². The fourth-order valence-corrected chi connectivity index (χ4v) is 2.72. The van der Waals surface area contributed by atoms with E-state index >= 15 is 0 Å². The second-order valence-electron chi connectivity index (χ2n) is 4.70. The van der Waals surface area contributed by atoms with Crippen LogP contribution in [0.5, 0.6) is 11.5 Å². The van der Waals surface area contributed by atoms with Crippen LogP contribution in [-0.4, -0.2) is 27.2 Å². The van der Waals surface area contributed by atoms with Crippen molar-refractivity contribution in [2.24, 2.45) is 0 Å². The number of imidazole rings is 1. The predicted octanol–water partition coefficient (Wildman–Crippen LogP) is 2.93. The lowest BCUT2D eigenvalue weighted by Crippen LogP contribution is -2.02. The molecule has 0 spiro atoms. The van der Waals surface area contributed by atoms with Gasteiger partial charge < -0.3 is 9.47 Å². The first kappa shape index (κ1) is 12.5. The number of rotatable bonds is 3. The number of hydrogen-bond acceptors (Lipinski definition) is 4. The second kappa shape index (κ2) is 4.93. The van der Waals surface area contributed by atoms with Crippen molar-refractivity contribution in [2.45, 2.75) is 6.42 Å². The molecule has 1 aliphatic rings. The van der Waals surface area contributed by atoms with E-state index in [0.717, 1.165) is 34.0 Å². The van der Waals surface area contributed by atoms with Gasteiger partial charge in [-0.1, -0.05) is 0 Å². The SMILES string of the molecule is ClCCc1nc2cnccc2n1-c1ccc2c(c1)OCO2. The van der Waals surface area contributed by atoms with Gasteiger partial charge in [-0.15, -0.1) is 11.6 Å². The van der Waals surface area contributed by atoms with Crippen LogP contribution in [-0.2, 0) is 6.42 Å². The highest BCUT2D eigenvalue weighted by Crippen LogP contribution is 2.35. The summed E-state index contributed by atoms with van der Waals surface area (Å²) in [6.07, 6.45) is 4.21. The molecule has 5 nitrogen and oxygen atoms in total. The van der Waals surface area contributed by atoms with E-state index in [4.69, 9.17) is 21.1 Å². The molecule has 21 heavy (non-hydrogen) atoms. The van der Waals surface area contributed by atoms with Crippen LogP contribution in [0.25, 0.3) is 16.7 Å². The fourth-order valence-electron chi connectivity index (χ4n) is 2.55. The highest BCUT2D eigenvalue weighted by Gasteiger charge is 2.17. The largest absolute Gasteiger partial charge is 0.454 e. The first-order valence-corrected chi connectivity index (χ1v) is 7.17. The van der Waals surface area contributed by atoms with Gasteiger partial charge in [0.15, 0.2) is 11.5 Å². The van der Waals surface area contributed by atoms with Gasteiger partial charge in [-0.2, -0.15) is 0 Å². The van der Waals surface area contributed by atoms with Crippen LogP contribution in [0.15, 0.2) is 36.7 Å². The first-order chi connectivity index (χ1) is 10.4. The van der Waals surface area contributed by atoms with Crippen molar-refractivity contribution in [3.8, 4) is 17.2 Å². The maximum absolute atomic E-state index is 5.90. The number of benzene rings is 1. The molecule has 1 aliphatic heterocycles. The van der Waals surface area contributed by atoms with E-state index in [2.05, 4.69) is 14.5 Å². The molecule has 0 N–H and O–H groups in total. The molecule has 0 atom stereocenters. The highest BCUT2D eigenvalue weighted by atomic mass is 35.5. The Morgan fingerprint density at radius 2 is 2.10 bits per heavy atom. The lowest BCUT2D eigenvalue weighted by Gasteiger charge is -2.09. The molecule has 0 fully saturated rings. The van der Waals surface area contributed by atoms with E-state index in [9.17, 15) is 0 Å². The Balaban J connectivity index is 1.94. The molecular weight excluding hydrogens is 290 g/mol.